The van der Waals surface area contributed by atoms with Crippen molar-refractivity contribution in [2.24, 2.45) is 0 Å². The molecule has 8 heteroatoms. The van der Waals surface area contributed by atoms with E-state index < -0.39 is 0 Å². The highest BCUT2D eigenvalue weighted by atomic mass is 16.5. The summed E-state index contributed by atoms with van der Waals surface area (Å²) in [5.74, 6) is 0.637. The lowest BCUT2D eigenvalue weighted by Gasteiger charge is -2.32. The second kappa shape index (κ2) is 9.14. The van der Waals surface area contributed by atoms with Crippen molar-refractivity contribution in [2.45, 2.75) is 37.8 Å². The van der Waals surface area contributed by atoms with Gasteiger partial charge in [0, 0.05) is 30.7 Å². The SMILES string of the molecule is COc1cc(C(=O)NCC(=O)NC2CCN(C3CC3)CC2)cc(OC)c1OC. The van der Waals surface area contributed by atoms with Crippen LogP contribution in [0.3, 0.4) is 0 Å². The van der Waals surface area contributed by atoms with Gasteiger partial charge in [0.15, 0.2) is 11.5 Å². The van der Waals surface area contributed by atoms with Crippen molar-refractivity contribution in [1.82, 2.24) is 15.5 Å². The minimum absolute atomic E-state index is 0.0711. The Morgan fingerprint density at radius 3 is 2.11 bits per heavy atom. The molecule has 28 heavy (non-hydrogen) atoms. The number of methoxy groups -OCH3 is 3. The number of hydrogen-bond donors (Lipinski definition) is 2. The van der Waals surface area contributed by atoms with Gasteiger partial charge in [0.25, 0.3) is 5.91 Å². The van der Waals surface area contributed by atoms with Crippen LogP contribution in [0.4, 0.5) is 0 Å². The van der Waals surface area contributed by atoms with E-state index in [1.807, 2.05) is 0 Å². The van der Waals surface area contributed by atoms with Crippen molar-refractivity contribution in [2.75, 3.05) is 41.0 Å². The topological polar surface area (TPSA) is 89.1 Å². The third kappa shape index (κ3) is 4.86. The van der Waals surface area contributed by atoms with Gasteiger partial charge in [0.2, 0.25) is 11.7 Å². The summed E-state index contributed by atoms with van der Waals surface area (Å²) < 4.78 is 15.8. The molecule has 0 unspecified atom stereocenters. The highest BCUT2D eigenvalue weighted by Crippen LogP contribution is 2.38. The summed E-state index contributed by atoms with van der Waals surface area (Å²) in [7, 11) is 4.47. The number of hydrogen-bond acceptors (Lipinski definition) is 6. The van der Waals surface area contributed by atoms with Crippen LogP contribution < -0.4 is 24.8 Å². The molecule has 0 radical (unpaired) electrons. The third-order valence-corrected chi connectivity index (χ3v) is 5.29. The second-order valence-corrected chi connectivity index (χ2v) is 7.21. The van der Waals surface area contributed by atoms with Crippen LogP contribution in [0.25, 0.3) is 0 Å². The number of benzene rings is 1. The fraction of sp³-hybridized carbons (Fsp3) is 0.600. The molecule has 0 spiro atoms. The van der Waals surface area contributed by atoms with Gasteiger partial charge < -0.3 is 29.7 Å². The molecule has 3 rings (SSSR count). The number of carbonyl (C=O) groups excluding carboxylic acids is 2. The fourth-order valence-corrected chi connectivity index (χ4v) is 3.60. The fourth-order valence-electron chi connectivity index (χ4n) is 3.60. The Bertz CT molecular complexity index is 687. The van der Waals surface area contributed by atoms with Gasteiger partial charge in [-0.05, 0) is 37.8 Å². The van der Waals surface area contributed by atoms with Crippen LogP contribution in [0, 0.1) is 0 Å². The van der Waals surface area contributed by atoms with Gasteiger partial charge >= 0.3 is 0 Å². The molecule has 1 heterocycles. The zero-order valence-electron chi connectivity index (χ0n) is 16.7. The van der Waals surface area contributed by atoms with E-state index in [0.29, 0.717) is 22.8 Å². The Morgan fingerprint density at radius 1 is 1.00 bits per heavy atom. The van der Waals surface area contributed by atoms with E-state index >= 15 is 0 Å². The summed E-state index contributed by atoms with van der Waals surface area (Å²) in [6, 6.07) is 4.07. The lowest BCUT2D eigenvalue weighted by molar-refractivity contribution is -0.121. The Balaban J connectivity index is 1.50. The van der Waals surface area contributed by atoms with E-state index in [1.54, 1.807) is 12.1 Å². The number of piperidine rings is 1. The van der Waals surface area contributed by atoms with Gasteiger partial charge in [-0.25, -0.2) is 0 Å². The number of nitrogens with one attached hydrogen (secondary N) is 2. The largest absolute Gasteiger partial charge is 0.493 e. The summed E-state index contributed by atoms with van der Waals surface area (Å²) in [5.41, 5.74) is 0.333. The van der Waals surface area contributed by atoms with Crippen molar-refractivity contribution in [3.8, 4) is 17.2 Å². The number of carbonyl (C=O) groups is 2. The minimum atomic E-state index is -0.377. The van der Waals surface area contributed by atoms with E-state index in [1.165, 1.54) is 34.2 Å². The highest BCUT2D eigenvalue weighted by Gasteiger charge is 2.32. The molecule has 2 N–H and O–H groups in total. The number of rotatable bonds is 8. The van der Waals surface area contributed by atoms with Crippen LogP contribution in [-0.4, -0.2) is 69.8 Å². The lowest BCUT2D eigenvalue weighted by Crippen LogP contribution is -2.47. The third-order valence-electron chi connectivity index (χ3n) is 5.29. The molecule has 8 nitrogen and oxygen atoms in total. The summed E-state index contributed by atoms with van der Waals surface area (Å²) >= 11 is 0. The van der Waals surface area contributed by atoms with Crippen molar-refractivity contribution >= 4 is 11.8 Å². The Hall–Kier alpha value is -2.48. The van der Waals surface area contributed by atoms with Crippen LogP contribution in [0.5, 0.6) is 17.2 Å². The monoisotopic (exact) mass is 391 g/mol. The van der Waals surface area contributed by atoms with Crippen molar-refractivity contribution in [3.63, 3.8) is 0 Å². The lowest BCUT2D eigenvalue weighted by atomic mass is 10.0. The maximum Gasteiger partial charge on any atom is 0.251 e. The molecule has 2 aliphatic rings. The number of amides is 2. The predicted octanol–water partition coefficient (Wildman–Crippen LogP) is 1.19. The zero-order chi connectivity index (χ0) is 20.1. The van der Waals surface area contributed by atoms with E-state index in [9.17, 15) is 9.59 Å². The van der Waals surface area contributed by atoms with Crippen LogP contribution in [0.1, 0.15) is 36.0 Å². The molecule has 1 saturated carbocycles. The molecule has 1 saturated heterocycles. The van der Waals surface area contributed by atoms with Crippen LogP contribution >= 0.6 is 0 Å². The number of ether oxygens (including phenoxy) is 3. The Labute approximate surface area is 165 Å². The van der Waals surface area contributed by atoms with Gasteiger partial charge in [-0.3, -0.25) is 9.59 Å². The first-order valence-electron chi connectivity index (χ1n) is 9.67. The molecule has 0 bridgehead atoms. The average molecular weight is 391 g/mol. The molecule has 1 aliphatic carbocycles. The normalized spacial score (nSPS) is 17.7. The molecule has 1 aliphatic heterocycles. The molecule has 1 aromatic carbocycles. The smallest absolute Gasteiger partial charge is 0.251 e. The quantitative estimate of drug-likeness (QED) is 0.692. The first-order valence-corrected chi connectivity index (χ1v) is 9.67. The van der Waals surface area contributed by atoms with Gasteiger partial charge in [-0.1, -0.05) is 0 Å². The minimum Gasteiger partial charge on any atom is -0.493 e. The second-order valence-electron chi connectivity index (χ2n) is 7.21. The first kappa shape index (κ1) is 20.3. The van der Waals surface area contributed by atoms with E-state index in [2.05, 4.69) is 15.5 Å². The van der Waals surface area contributed by atoms with Crippen molar-refractivity contribution < 1.29 is 23.8 Å². The average Bonchev–Trinajstić information content (AvgIpc) is 3.56. The predicted molar refractivity (Wildman–Crippen MR) is 104 cm³/mol. The van der Waals surface area contributed by atoms with Crippen molar-refractivity contribution in [1.29, 1.82) is 0 Å². The molecular formula is C20H29N3O5. The standard InChI is InChI=1S/C20H29N3O5/c1-26-16-10-13(11-17(27-2)19(16)28-3)20(25)21-12-18(24)22-14-6-8-23(9-7-14)15-4-5-15/h10-11,14-15H,4-9,12H2,1-3H3,(H,21,25)(H,22,24). The molecule has 2 fully saturated rings. The molecule has 1 aromatic rings. The van der Waals surface area contributed by atoms with Crippen LogP contribution in [-0.2, 0) is 4.79 Å². The summed E-state index contributed by atoms with van der Waals surface area (Å²) in [4.78, 5) is 27.2. The molecule has 154 valence electrons. The van der Waals surface area contributed by atoms with E-state index in [0.717, 1.165) is 32.0 Å². The highest BCUT2D eigenvalue weighted by molar-refractivity contribution is 5.97. The molecular weight excluding hydrogens is 362 g/mol. The summed E-state index contributed by atoms with van der Waals surface area (Å²) in [5, 5.41) is 5.67. The summed E-state index contributed by atoms with van der Waals surface area (Å²) in [6.07, 6.45) is 4.54. The maximum absolute atomic E-state index is 12.5. The number of nitrogens with zero attached hydrogens (tertiary/aromatic N) is 1. The maximum atomic E-state index is 12.5. The van der Waals surface area contributed by atoms with Crippen LogP contribution in [0.2, 0.25) is 0 Å². The van der Waals surface area contributed by atoms with Crippen LogP contribution in [0.15, 0.2) is 12.1 Å². The van der Waals surface area contributed by atoms with E-state index in [4.69, 9.17) is 14.2 Å². The van der Waals surface area contributed by atoms with Gasteiger partial charge in [0.05, 0.1) is 27.9 Å². The first-order chi connectivity index (χ1) is 13.5. The van der Waals surface area contributed by atoms with Gasteiger partial charge in [-0.15, -0.1) is 0 Å². The summed E-state index contributed by atoms with van der Waals surface area (Å²) in [6.45, 7) is 2.00. The number of likely N-dealkylation sites (tertiary alicyclic amines) is 1. The van der Waals surface area contributed by atoms with Crippen molar-refractivity contribution in [3.05, 3.63) is 17.7 Å². The van der Waals surface area contributed by atoms with Gasteiger partial charge in [0.1, 0.15) is 0 Å². The van der Waals surface area contributed by atoms with E-state index in [-0.39, 0.29) is 24.4 Å². The van der Waals surface area contributed by atoms with Gasteiger partial charge in [-0.2, -0.15) is 0 Å². The zero-order valence-corrected chi connectivity index (χ0v) is 16.7. The molecule has 0 atom stereocenters. The molecule has 2 amide bonds. The Morgan fingerprint density at radius 2 is 1.61 bits per heavy atom. The molecule has 0 aromatic heterocycles. The Kier molecular flexibility index (Phi) is 6.61.